The van der Waals surface area contributed by atoms with Crippen LogP contribution in [0.3, 0.4) is 0 Å². The Labute approximate surface area is 192 Å². The number of hydrogen-bond acceptors (Lipinski definition) is 5. The maximum Gasteiger partial charge on any atom is 0.407 e. The van der Waals surface area contributed by atoms with Gasteiger partial charge in [-0.2, -0.15) is 0 Å². The molecular weight excluding hydrogens is 493 g/mol. The van der Waals surface area contributed by atoms with Crippen LogP contribution in [-0.2, 0) is 5.41 Å². The molecule has 0 aromatic carbocycles. The number of aromatic nitrogens is 3. The minimum Gasteiger partial charge on any atom is -0.465 e. The molecule has 2 aromatic rings. The fraction of sp³-hybridized carbons (Fsp3) is 0.600. The molecular formula is C20H22BrCl2N5O2. The first kappa shape index (κ1) is 20.5. The lowest BCUT2D eigenvalue weighted by Gasteiger charge is -2.34. The van der Waals surface area contributed by atoms with E-state index in [2.05, 4.69) is 41.6 Å². The lowest BCUT2D eigenvalue weighted by Crippen LogP contribution is -2.48. The molecule has 1 amide bonds. The first-order valence-corrected chi connectivity index (χ1v) is 11.6. The summed E-state index contributed by atoms with van der Waals surface area (Å²) in [6, 6.07) is 0.0426. The van der Waals surface area contributed by atoms with Crippen molar-refractivity contribution in [2.45, 2.75) is 62.4 Å². The second-order valence-corrected chi connectivity index (χ2v) is 11.2. The van der Waals surface area contributed by atoms with Crippen LogP contribution in [0.5, 0.6) is 0 Å². The highest BCUT2D eigenvalue weighted by Gasteiger charge is 2.47. The lowest BCUT2D eigenvalue weighted by atomic mass is 9.91. The van der Waals surface area contributed by atoms with Gasteiger partial charge >= 0.3 is 6.09 Å². The van der Waals surface area contributed by atoms with Gasteiger partial charge in [0.2, 0.25) is 0 Å². The fourth-order valence-corrected chi connectivity index (χ4v) is 5.94. The molecule has 7 nitrogen and oxygen atoms in total. The van der Waals surface area contributed by atoms with Crippen molar-refractivity contribution in [2.24, 2.45) is 0 Å². The molecule has 2 aliphatic heterocycles. The van der Waals surface area contributed by atoms with Gasteiger partial charge < -0.3 is 14.9 Å². The highest BCUT2D eigenvalue weighted by Crippen LogP contribution is 2.47. The normalized spacial score (nSPS) is 27.9. The number of likely N-dealkylation sites (tertiary alicyclic amines) is 1. The average Bonchev–Trinajstić information content (AvgIpc) is 3.09. The van der Waals surface area contributed by atoms with Crippen LogP contribution in [0.2, 0.25) is 5.02 Å². The summed E-state index contributed by atoms with van der Waals surface area (Å²) >= 11 is 16.7. The molecule has 2 saturated heterocycles. The summed E-state index contributed by atoms with van der Waals surface area (Å²) in [6.45, 7) is 7.32. The van der Waals surface area contributed by atoms with E-state index in [9.17, 15) is 9.90 Å². The summed E-state index contributed by atoms with van der Waals surface area (Å²) < 4.78 is 0.748. The number of fused-ring (bicyclic) bond motifs is 3. The van der Waals surface area contributed by atoms with Crippen molar-refractivity contribution in [3.05, 3.63) is 21.0 Å². The number of hydrogen-bond donors (Lipinski definition) is 1. The third kappa shape index (κ3) is 3.14. The van der Waals surface area contributed by atoms with Crippen LogP contribution in [0.15, 0.2) is 4.47 Å². The van der Waals surface area contributed by atoms with Crippen molar-refractivity contribution >= 4 is 62.1 Å². The first-order valence-electron chi connectivity index (χ1n) is 10.0. The number of piperazine rings is 1. The maximum atomic E-state index is 11.5. The Hall–Kier alpha value is -1.38. The van der Waals surface area contributed by atoms with E-state index >= 15 is 0 Å². The van der Waals surface area contributed by atoms with Crippen molar-refractivity contribution in [3.63, 3.8) is 0 Å². The Morgan fingerprint density at radius 1 is 1.13 bits per heavy atom. The molecule has 160 valence electrons. The number of pyridine rings is 1. The quantitative estimate of drug-likeness (QED) is 0.581. The number of halogens is 3. The molecule has 3 aliphatic rings. The molecule has 30 heavy (non-hydrogen) atoms. The van der Waals surface area contributed by atoms with Crippen LogP contribution < -0.4 is 4.90 Å². The maximum absolute atomic E-state index is 11.5. The second-order valence-electron chi connectivity index (χ2n) is 9.43. The van der Waals surface area contributed by atoms with Gasteiger partial charge in [-0.05, 0) is 28.8 Å². The van der Waals surface area contributed by atoms with E-state index in [1.165, 1.54) is 4.90 Å². The predicted octanol–water partition coefficient (Wildman–Crippen LogP) is 4.77. The average molecular weight is 515 g/mol. The Kier molecular flexibility index (Phi) is 4.66. The minimum atomic E-state index is -0.863. The molecule has 3 fully saturated rings. The van der Waals surface area contributed by atoms with Gasteiger partial charge in [-0.15, -0.1) is 11.6 Å². The summed E-state index contributed by atoms with van der Waals surface area (Å²) in [5.74, 6) is 1.54. The molecule has 4 heterocycles. The Bertz CT molecular complexity index is 1080. The Morgan fingerprint density at radius 3 is 2.37 bits per heavy atom. The number of carbonyl (C=O) groups is 1. The monoisotopic (exact) mass is 513 g/mol. The van der Waals surface area contributed by atoms with Crippen LogP contribution in [-0.4, -0.2) is 61.6 Å². The van der Waals surface area contributed by atoms with Crippen LogP contribution in [0.4, 0.5) is 10.6 Å². The molecule has 5 rings (SSSR count). The van der Waals surface area contributed by atoms with Gasteiger partial charge in [-0.1, -0.05) is 32.4 Å². The molecule has 0 spiro atoms. The van der Waals surface area contributed by atoms with E-state index in [0.29, 0.717) is 35.0 Å². The topological polar surface area (TPSA) is 82.5 Å². The lowest BCUT2D eigenvalue weighted by molar-refractivity contribution is 0.137. The number of amides is 1. The largest absolute Gasteiger partial charge is 0.465 e. The molecule has 1 saturated carbocycles. The zero-order chi connectivity index (χ0) is 21.5. The molecule has 1 N–H and O–H groups in total. The number of alkyl halides is 1. The van der Waals surface area contributed by atoms with Crippen molar-refractivity contribution in [2.75, 3.05) is 18.0 Å². The van der Waals surface area contributed by atoms with Gasteiger partial charge in [0.15, 0.2) is 5.82 Å². The zero-order valence-corrected chi connectivity index (χ0v) is 20.0. The third-order valence-corrected chi connectivity index (χ3v) is 8.08. The van der Waals surface area contributed by atoms with Gasteiger partial charge in [0.1, 0.15) is 16.9 Å². The summed E-state index contributed by atoms with van der Waals surface area (Å²) in [7, 11) is 0. The Morgan fingerprint density at radius 2 is 1.83 bits per heavy atom. The molecule has 4 atom stereocenters. The third-order valence-electron chi connectivity index (χ3n) is 6.23. The van der Waals surface area contributed by atoms with E-state index < -0.39 is 6.09 Å². The van der Waals surface area contributed by atoms with Crippen molar-refractivity contribution < 1.29 is 9.90 Å². The SMILES string of the molecule is CC(C)(C)c1nc2c(N3C[C@@H]4C[C@H]3CN4C(=O)O)nc(C3CC3Cl)nc2c(Cl)c1Br. The van der Waals surface area contributed by atoms with E-state index in [4.69, 9.17) is 38.2 Å². The van der Waals surface area contributed by atoms with Gasteiger partial charge in [-0.3, -0.25) is 0 Å². The summed E-state index contributed by atoms with van der Waals surface area (Å²) in [5, 5.41) is 10.0. The summed E-state index contributed by atoms with van der Waals surface area (Å²) in [6.07, 6.45) is 0.779. The van der Waals surface area contributed by atoms with Crippen molar-refractivity contribution in [3.8, 4) is 0 Å². The molecule has 1 aliphatic carbocycles. The van der Waals surface area contributed by atoms with E-state index in [1.807, 2.05) is 0 Å². The highest BCUT2D eigenvalue weighted by atomic mass is 79.9. The van der Waals surface area contributed by atoms with E-state index in [0.717, 1.165) is 28.8 Å². The van der Waals surface area contributed by atoms with Crippen molar-refractivity contribution in [1.29, 1.82) is 0 Å². The smallest absolute Gasteiger partial charge is 0.407 e. The highest BCUT2D eigenvalue weighted by molar-refractivity contribution is 9.10. The van der Waals surface area contributed by atoms with Gasteiger partial charge in [-0.25, -0.2) is 19.7 Å². The van der Waals surface area contributed by atoms with Crippen LogP contribution in [0.1, 0.15) is 51.0 Å². The second kappa shape index (κ2) is 6.81. The standard InChI is InChI=1S/C20H22BrCl2N5O2/c1-20(2,3)16-12(21)13(23)14-15(24-16)18(26-17(25-14)10-5-11(10)22)27-6-9-4-8(27)7-28(9)19(29)30/h8-11H,4-7H2,1-3H3,(H,29,30)/t8-,9-,10?,11?/m0/s1. The zero-order valence-electron chi connectivity index (χ0n) is 16.9. The van der Waals surface area contributed by atoms with E-state index in [1.54, 1.807) is 0 Å². The number of nitrogens with zero attached hydrogens (tertiary/aromatic N) is 5. The molecule has 2 bridgehead atoms. The van der Waals surface area contributed by atoms with Crippen molar-refractivity contribution in [1.82, 2.24) is 19.9 Å². The van der Waals surface area contributed by atoms with E-state index in [-0.39, 0.29) is 28.8 Å². The Balaban J connectivity index is 1.68. The number of anilines is 1. The molecule has 10 heteroatoms. The van der Waals surface area contributed by atoms with Gasteiger partial charge in [0.05, 0.1) is 27.3 Å². The summed E-state index contributed by atoms with van der Waals surface area (Å²) in [4.78, 5) is 29.8. The molecule has 2 aromatic heterocycles. The minimum absolute atomic E-state index is 0.0318. The van der Waals surface area contributed by atoms with Gasteiger partial charge in [0.25, 0.3) is 0 Å². The predicted molar refractivity (Wildman–Crippen MR) is 120 cm³/mol. The van der Waals surface area contributed by atoms with Crippen LogP contribution in [0, 0.1) is 0 Å². The van der Waals surface area contributed by atoms with Crippen LogP contribution in [0.25, 0.3) is 11.0 Å². The molecule has 0 radical (unpaired) electrons. The number of rotatable bonds is 2. The summed E-state index contributed by atoms with van der Waals surface area (Å²) in [5.41, 5.74) is 1.90. The number of carboxylic acid groups (broad SMARTS) is 1. The van der Waals surface area contributed by atoms with Crippen LogP contribution >= 0.6 is 39.1 Å². The van der Waals surface area contributed by atoms with Gasteiger partial charge in [0, 0.05) is 29.8 Å². The fourth-order valence-electron chi connectivity index (χ4n) is 4.54. The molecule has 2 unspecified atom stereocenters. The first-order chi connectivity index (χ1) is 14.1.